The van der Waals surface area contributed by atoms with E-state index in [4.69, 9.17) is 18.7 Å². The number of carbonyl (C=O) groups is 1. The summed E-state index contributed by atoms with van der Waals surface area (Å²) in [7, 11) is 0. The smallest absolute Gasteiger partial charge is 0.251 e. The maximum atomic E-state index is 12.5. The first-order valence-corrected chi connectivity index (χ1v) is 10.3. The summed E-state index contributed by atoms with van der Waals surface area (Å²) in [5, 5.41) is 6.64. The zero-order valence-corrected chi connectivity index (χ0v) is 17.8. The van der Waals surface area contributed by atoms with E-state index in [1.165, 1.54) is 0 Å². The molecule has 2 aromatic carbocycles. The van der Waals surface area contributed by atoms with Gasteiger partial charge in [0.05, 0.1) is 6.61 Å². The molecule has 0 saturated carbocycles. The zero-order chi connectivity index (χ0) is 21.9. The van der Waals surface area contributed by atoms with Gasteiger partial charge in [0.25, 0.3) is 5.91 Å². The highest BCUT2D eigenvalue weighted by molar-refractivity contribution is 5.94. The van der Waals surface area contributed by atoms with Gasteiger partial charge in [0.2, 0.25) is 5.89 Å². The molecule has 0 saturated heterocycles. The van der Waals surface area contributed by atoms with Crippen LogP contribution >= 0.6 is 0 Å². The normalized spacial score (nSPS) is 10.5. The van der Waals surface area contributed by atoms with Crippen molar-refractivity contribution < 1.29 is 23.5 Å². The van der Waals surface area contributed by atoms with Gasteiger partial charge in [-0.15, -0.1) is 0 Å². The molecule has 0 radical (unpaired) electrons. The molecule has 164 valence electrons. The molecule has 0 fully saturated rings. The molecule has 31 heavy (non-hydrogen) atoms. The van der Waals surface area contributed by atoms with E-state index in [1.54, 1.807) is 25.1 Å². The van der Waals surface area contributed by atoms with E-state index in [-0.39, 0.29) is 5.91 Å². The SMILES string of the molecule is CCOc1cc(C(=O)NCCCc2nc(C)no2)ccc1OCCOc1ccccc1. The molecule has 1 N–H and O–H groups in total. The number of aromatic nitrogens is 2. The molecule has 1 heterocycles. The van der Waals surface area contributed by atoms with Crippen LogP contribution in [0.4, 0.5) is 0 Å². The third kappa shape index (κ3) is 7.02. The van der Waals surface area contributed by atoms with Crippen molar-refractivity contribution in [2.45, 2.75) is 26.7 Å². The van der Waals surface area contributed by atoms with Crippen molar-refractivity contribution in [2.24, 2.45) is 0 Å². The van der Waals surface area contributed by atoms with Crippen molar-refractivity contribution in [3.63, 3.8) is 0 Å². The first-order chi connectivity index (χ1) is 15.2. The van der Waals surface area contributed by atoms with Gasteiger partial charge in [0.1, 0.15) is 19.0 Å². The fourth-order valence-corrected chi connectivity index (χ4v) is 2.85. The maximum Gasteiger partial charge on any atom is 0.251 e. The molecule has 0 aliphatic carbocycles. The van der Waals surface area contributed by atoms with Crippen molar-refractivity contribution in [3.8, 4) is 17.2 Å². The number of nitrogens with one attached hydrogen (secondary N) is 1. The van der Waals surface area contributed by atoms with Crippen molar-refractivity contribution in [2.75, 3.05) is 26.4 Å². The van der Waals surface area contributed by atoms with Gasteiger partial charge in [0.15, 0.2) is 17.3 Å². The molecular weight excluding hydrogens is 398 g/mol. The van der Waals surface area contributed by atoms with E-state index in [2.05, 4.69) is 15.5 Å². The summed E-state index contributed by atoms with van der Waals surface area (Å²) >= 11 is 0. The van der Waals surface area contributed by atoms with Gasteiger partial charge in [0, 0.05) is 18.5 Å². The Balaban J connectivity index is 1.47. The van der Waals surface area contributed by atoms with Crippen molar-refractivity contribution >= 4 is 5.91 Å². The molecule has 3 rings (SSSR count). The average Bonchev–Trinajstić information content (AvgIpc) is 3.21. The summed E-state index contributed by atoms with van der Waals surface area (Å²) in [5.74, 6) is 2.89. The van der Waals surface area contributed by atoms with Crippen LogP contribution in [0.2, 0.25) is 0 Å². The Labute approximate surface area is 181 Å². The summed E-state index contributed by atoms with van der Waals surface area (Å²) in [4.78, 5) is 16.6. The Morgan fingerprint density at radius 1 is 1.03 bits per heavy atom. The molecular formula is C23H27N3O5. The van der Waals surface area contributed by atoms with Crippen LogP contribution in [-0.4, -0.2) is 42.4 Å². The topological polar surface area (TPSA) is 95.7 Å². The van der Waals surface area contributed by atoms with Gasteiger partial charge in [-0.25, -0.2) is 0 Å². The van der Waals surface area contributed by atoms with Gasteiger partial charge in [-0.3, -0.25) is 4.79 Å². The molecule has 0 aliphatic rings. The number of amides is 1. The minimum absolute atomic E-state index is 0.179. The quantitative estimate of drug-likeness (QED) is 0.443. The molecule has 0 atom stereocenters. The number of carbonyl (C=O) groups excluding carboxylic acids is 1. The lowest BCUT2D eigenvalue weighted by atomic mass is 10.2. The third-order valence-electron chi connectivity index (χ3n) is 4.28. The maximum absolute atomic E-state index is 12.5. The van der Waals surface area contributed by atoms with Gasteiger partial charge in [-0.05, 0) is 50.6 Å². The summed E-state index contributed by atoms with van der Waals surface area (Å²) in [6, 6.07) is 14.7. The molecule has 0 unspecified atom stereocenters. The zero-order valence-electron chi connectivity index (χ0n) is 17.8. The Morgan fingerprint density at radius 3 is 2.58 bits per heavy atom. The molecule has 1 aromatic heterocycles. The third-order valence-corrected chi connectivity index (χ3v) is 4.28. The number of aryl methyl sites for hydroxylation is 2. The summed E-state index contributed by atoms with van der Waals surface area (Å²) in [5.41, 5.74) is 0.505. The predicted octanol–water partition coefficient (Wildman–Crippen LogP) is 3.60. The molecule has 3 aromatic rings. The Hall–Kier alpha value is -3.55. The summed E-state index contributed by atoms with van der Waals surface area (Å²) in [6.45, 7) is 5.38. The van der Waals surface area contributed by atoms with Crippen LogP contribution in [0.3, 0.4) is 0 Å². The van der Waals surface area contributed by atoms with E-state index < -0.39 is 0 Å². The summed E-state index contributed by atoms with van der Waals surface area (Å²) < 4.78 is 22.1. The first kappa shape index (κ1) is 22.1. The number of para-hydroxylation sites is 1. The average molecular weight is 425 g/mol. The van der Waals surface area contributed by atoms with E-state index >= 15 is 0 Å². The molecule has 8 heteroatoms. The van der Waals surface area contributed by atoms with Crippen LogP contribution in [0.1, 0.15) is 35.4 Å². The lowest BCUT2D eigenvalue weighted by Crippen LogP contribution is -2.24. The van der Waals surface area contributed by atoms with Crippen LogP contribution in [-0.2, 0) is 6.42 Å². The Morgan fingerprint density at radius 2 is 1.84 bits per heavy atom. The molecule has 1 amide bonds. The van der Waals surface area contributed by atoms with E-state index in [9.17, 15) is 4.79 Å². The fraction of sp³-hybridized carbons (Fsp3) is 0.348. The lowest BCUT2D eigenvalue weighted by molar-refractivity contribution is 0.0952. The summed E-state index contributed by atoms with van der Waals surface area (Å²) in [6.07, 6.45) is 1.32. The molecule has 0 bridgehead atoms. The van der Waals surface area contributed by atoms with E-state index in [0.717, 1.165) is 5.75 Å². The van der Waals surface area contributed by atoms with Gasteiger partial charge in [-0.2, -0.15) is 4.98 Å². The second-order valence-electron chi connectivity index (χ2n) is 6.70. The van der Waals surface area contributed by atoms with Crippen LogP contribution < -0.4 is 19.5 Å². The predicted molar refractivity (Wildman–Crippen MR) is 115 cm³/mol. The first-order valence-electron chi connectivity index (χ1n) is 10.3. The van der Waals surface area contributed by atoms with E-state index in [1.807, 2.05) is 37.3 Å². The van der Waals surface area contributed by atoms with E-state index in [0.29, 0.717) is 68.0 Å². The largest absolute Gasteiger partial charge is 0.490 e. The number of nitrogens with zero attached hydrogens (tertiary/aromatic N) is 2. The Kier molecular flexibility index (Phi) is 8.28. The van der Waals surface area contributed by atoms with Crippen LogP contribution in [0, 0.1) is 6.92 Å². The standard InChI is InChI=1S/C23H27N3O5/c1-3-28-21-16-18(23(27)24-13-7-10-22-25-17(2)26-31-22)11-12-20(21)30-15-14-29-19-8-5-4-6-9-19/h4-6,8-9,11-12,16H,3,7,10,13-15H2,1-2H3,(H,24,27). The van der Waals surface area contributed by atoms with Crippen LogP contribution in [0.25, 0.3) is 0 Å². The number of rotatable bonds is 12. The van der Waals surface area contributed by atoms with Crippen molar-refractivity contribution in [1.29, 1.82) is 0 Å². The number of ether oxygens (including phenoxy) is 3. The molecule has 0 spiro atoms. The van der Waals surface area contributed by atoms with Gasteiger partial charge < -0.3 is 24.1 Å². The number of hydrogen-bond acceptors (Lipinski definition) is 7. The lowest BCUT2D eigenvalue weighted by Gasteiger charge is -2.14. The second kappa shape index (κ2) is 11.6. The minimum atomic E-state index is -0.179. The monoisotopic (exact) mass is 425 g/mol. The van der Waals surface area contributed by atoms with Crippen LogP contribution in [0.5, 0.6) is 17.2 Å². The molecule has 0 aliphatic heterocycles. The highest BCUT2D eigenvalue weighted by Crippen LogP contribution is 2.28. The highest BCUT2D eigenvalue weighted by Gasteiger charge is 2.12. The van der Waals surface area contributed by atoms with Gasteiger partial charge in [-0.1, -0.05) is 23.4 Å². The molecule has 8 nitrogen and oxygen atoms in total. The number of benzene rings is 2. The number of hydrogen-bond donors (Lipinski definition) is 1. The van der Waals surface area contributed by atoms with Gasteiger partial charge >= 0.3 is 0 Å². The minimum Gasteiger partial charge on any atom is -0.490 e. The van der Waals surface area contributed by atoms with Crippen molar-refractivity contribution in [3.05, 3.63) is 65.8 Å². The highest BCUT2D eigenvalue weighted by atomic mass is 16.5. The fourth-order valence-electron chi connectivity index (χ4n) is 2.85. The van der Waals surface area contributed by atoms with Crippen LogP contribution in [0.15, 0.2) is 53.1 Å². The second-order valence-corrected chi connectivity index (χ2v) is 6.70. The Bertz CT molecular complexity index is 959. The van der Waals surface area contributed by atoms with Crippen molar-refractivity contribution in [1.82, 2.24) is 15.5 Å².